The summed E-state index contributed by atoms with van der Waals surface area (Å²) in [7, 11) is 0. The maximum absolute atomic E-state index is 4.13. The Balaban J connectivity index is 2.34. The lowest BCUT2D eigenvalue weighted by molar-refractivity contribution is 0.970. The van der Waals surface area contributed by atoms with Crippen LogP contribution in [0.2, 0.25) is 0 Å². The molecule has 0 saturated carbocycles. The average Bonchev–Trinajstić information content (AvgIpc) is 2.46. The molecule has 0 aromatic carbocycles. The Bertz CT molecular complexity index is 348. The van der Waals surface area contributed by atoms with E-state index in [2.05, 4.69) is 31.4 Å². The molecule has 0 N–H and O–H groups in total. The first-order valence-corrected chi connectivity index (χ1v) is 4.72. The minimum Gasteiger partial charge on any atom is -0.0991 e. The molecule has 66 valence electrons. The van der Waals surface area contributed by atoms with Crippen LogP contribution in [-0.4, -0.2) is 0 Å². The second-order valence-electron chi connectivity index (χ2n) is 3.53. The molecule has 0 aromatic rings. The van der Waals surface area contributed by atoms with Crippen LogP contribution in [0, 0.1) is 0 Å². The summed E-state index contributed by atoms with van der Waals surface area (Å²) in [5.41, 5.74) is 5.51. The minimum absolute atomic E-state index is 1.05. The van der Waals surface area contributed by atoms with E-state index in [4.69, 9.17) is 0 Å². The SMILES string of the molecule is C=C/C=C1/CC2=C(CCC=C2)C1=C. The van der Waals surface area contributed by atoms with Gasteiger partial charge >= 0.3 is 0 Å². The Labute approximate surface area is 79.7 Å². The van der Waals surface area contributed by atoms with Crippen molar-refractivity contribution in [2.75, 3.05) is 0 Å². The molecule has 13 heavy (non-hydrogen) atoms. The van der Waals surface area contributed by atoms with Crippen LogP contribution in [0.1, 0.15) is 19.3 Å². The van der Waals surface area contributed by atoms with E-state index in [-0.39, 0.29) is 0 Å². The topological polar surface area (TPSA) is 0 Å². The molecule has 0 atom stereocenters. The lowest BCUT2D eigenvalue weighted by Gasteiger charge is -2.07. The highest BCUT2D eigenvalue weighted by Crippen LogP contribution is 2.40. The summed E-state index contributed by atoms with van der Waals surface area (Å²) in [5.74, 6) is 0. The zero-order chi connectivity index (χ0) is 9.26. The predicted octanol–water partition coefficient (Wildman–Crippen LogP) is 3.71. The summed E-state index contributed by atoms with van der Waals surface area (Å²) in [5, 5.41) is 0. The Morgan fingerprint density at radius 1 is 1.38 bits per heavy atom. The van der Waals surface area contributed by atoms with E-state index in [1.807, 2.05) is 6.08 Å². The standard InChI is InChI=1S/C13H14/c1-3-6-11-9-12-7-4-5-8-13(12)10(11)2/h3-4,6-7H,1-2,5,8-9H2/b11-6-. The van der Waals surface area contributed by atoms with Crippen LogP contribution in [0.4, 0.5) is 0 Å². The molecular formula is C13H14. The van der Waals surface area contributed by atoms with Gasteiger partial charge in [0.15, 0.2) is 0 Å². The van der Waals surface area contributed by atoms with Crippen LogP contribution >= 0.6 is 0 Å². The highest BCUT2D eigenvalue weighted by molar-refractivity contribution is 5.59. The van der Waals surface area contributed by atoms with E-state index >= 15 is 0 Å². The summed E-state index contributed by atoms with van der Waals surface area (Å²) in [6.45, 7) is 7.85. The quantitative estimate of drug-likeness (QED) is 0.562. The molecule has 0 fully saturated rings. The molecule has 0 heteroatoms. The van der Waals surface area contributed by atoms with Crippen LogP contribution in [-0.2, 0) is 0 Å². The van der Waals surface area contributed by atoms with Crippen LogP contribution in [0.5, 0.6) is 0 Å². The Morgan fingerprint density at radius 2 is 2.23 bits per heavy atom. The summed E-state index contributed by atoms with van der Waals surface area (Å²) in [4.78, 5) is 0. The average molecular weight is 170 g/mol. The molecule has 2 rings (SSSR count). The monoisotopic (exact) mass is 170 g/mol. The van der Waals surface area contributed by atoms with Gasteiger partial charge in [0.1, 0.15) is 0 Å². The van der Waals surface area contributed by atoms with E-state index in [0.717, 1.165) is 6.42 Å². The minimum atomic E-state index is 1.05. The molecule has 2 aliphatic carbocycles. The molecule has 0 saturated heterocycles. The fraction of sp³-hybridized carbons (Fsp3) is 0.231. The van der Waals surface area contributed by atoms with Crippen molar-refractivity contribution >= 4 is 0 Å². The number of allylic oxidation sites excluding steroid dienone is 8. The second kappa shape index (κ2) is 3.21. The van der Waals surface area contributed by atoms with E-state index in [0.29, 0.717) is 0 Å². The maximum Gasteiger partial charge on any atom is -0.00171 e. The highest BCUT2D eigenvalue weighted by Gasteiger charge is 2.21. The van der Waals surface area contributed by atoms with Crippen molar-refractivity contribution in [2.24, 2.45) is 0 Å². The molecule has 0 nitrogen and oxygen atoms in total. The third-order valence-electron chi connectivity index (χ3n) is 2.72. The number of rotatable bonds is 1. The van der Waals surface area contributed by atoms with Gasteiger partial charge in [-0.3, -0.25) is 0 Å². The van der Waals surface area contributed by atoms with Gasteiger partial charge in [0, 0.05) is 0 Å². The van der Waals surface area contributed by atoms with E-state index in [1.165, 1.54) is 35.1 Å². The number of hydrogen-bond donors (Lipinski definition) is 0. The molecule has 2 aliphatic rings. The van der Waals surface area contributed by atoms with Crippen molar-refractivity contribution in [3.05, 3.63) is 59.8 Å². The molecule has 0 bridgehead atoms. The van der Waals surface area contributed by atoms with E-state index in [9.17, 15) is 0 Å². The van der Waals surface area contributed by atoms with Gasteiger partial charge in [0.2, 0.25) is 0 Å². The smallest absolute Gasteiger partial charge is 0.00171 e. The first-order chi connectivity index (χ1) is 6.33. The molecule has 0 amide bonds. The van der Waals surface area contributed by atoms with E-state index < -0.39 is 0 Å². The van der Waals surface area contributed by atoms with Gasteiger partial charge in [-0.05, 0) is 41.6 Å². The highest BCUT2D eigenvalue weighted by atomic mass is 14.3. The predicted molar refractivity (Wildman–Crippen MR) is 57.4 cm³/mol. The summed E-state index contributed by atoms with van der Waals surface area (Å²) >= 11 is 0. The first kappa shape index (κ1) is 8.31. The molecule has 0 spiro atoms. The van der Waals surface area contributed by atoms with E-state index in [1.54, 1.807) is 0 Å². The molecular weight excluding hydrogens is 156 g/mol. The molecule has 0 heterocycles. The van der Waals surface area contributed by atoms with Crippen LogP contribution < -0.4 is 0 Å². The maximum atomic E-state index is 4.13. The van der Waals surface area contributed by atoms with Gasteiger partial charge in [0.05, 0.1) is 0 Å². The van der Waals surface area contributed by atoms with Crippen LogP contribution in [0.15, 0.2) is 59.8 Å². The van der Waals surface area contributed by atoms with Gasteiger partial charge in [-0.1, -0.05) is 37.5 Å². The van der Waals surface area contributed by atoms with Crippen molar-refractivity contribution in [2.45, 2.75) is 19.3 Å². The van der Waals surface area contributed by atoms with Gasteiger partial charge in [-0.15, -0.1) is 0 Å². The lowest BCUT2D eigenvalue weighted by Crippen LogP contribution is -1.88. The third kappa shape index (κ3) is 1.33. The molecule has 0 aromatic heterocycles. The van der Waals surface area contributed by atoms with Crippen molar-refractivity contribution in [1.29, 1.82) is 0 Å². The summed E-state index contributed by atoms with van der Waals surface area (Å²) < 4.78 is 0. The largest absolute Gasteiger partial charge is 0.0991 e. The van der Waals surface area contributed by atoms with Crippen molar-refractivity contribution in [1.82, 2.24) is 0 Å². The second-order valence-corrected chi connectivity index (χ2v) is 3.53. The first-order valence-electron chi connectivity index (χ1n) is 4.72. The zero-order valence-electron chi connectivity index (χ0n) is 7.84. The van der Waals surface area contributed by atoms with Gasteiger partial charge in [-0.2, -0.15) is 0 Å². The fourth-order valence-electron chi connectivity index (χ4n) is 2.03. The van der Waals surface area contributed by atoms with Crippen LogP contribution in [0.25, 0.3) is 0 Å². The fourth-order valence-corrected chi connectivity index (χ4v) is 2.03. The summed E-state index contributed by atoms with van der Waals surface area (Å²) in [6.07, 6.45) is 11.8. The van der Waals surface area contributed by atoms with Crippen molar-refractivity contribution in [3.8, 4) is 0 Å². The third-order valence-corrected chi connectivity index (χ3v) is 2.72. The Kier molecular flexibility index (Phi) is 2.05. The summed E-state index contributed by atoms with van der Waals surface area (Å²) in [6, 6.07) is 0. The normalized spacial score (nSPS) is 24.0. The Morgan fingerprint density at radius 3 is 2.92 bits per heavy atom. The molecule has 0 unspecified atom stereocenters. The van der Waals surface area contributed by atoms with Crippen molar-refractivity contribution in [3.63, 3.8) is 0 Å². The van der Waals surface area contributed by atoms with Gasteiger partial charge in [0.25, 0.3) is 0 Å². The Hall–Kier alpha value is -1.30. The number of hydrogen-bond acceptors (Lipinski definition) is 0. The molecule has 0 radical (unpaired) electrons. The lowest BCUT2D eigenvalue weighted by atomic mass is 9.98. The van der Waals surface area contributed by atoms with Crippen LogP contribution in [0.3, 0.4) is 0 Å². The van der Waals surface area contributed by atoms with Gasteiger partial charge in [-0.25, -0.2) is 0 Å². The zero-order valence-corrected chi connectivity index (χ0v) is 7.84. The van der Waals surface area contributed by atoms with Gasteiger partial charge < -0.3 is 0 Å². The van der Waals surface area contributed by atoms with Crippen molar-refractivity contribution < 1.29 is 0 Å². The molecule has 0 aliphatic heterocycles.